The molecule has 0 N–H and O–H groups in total. The van der Waals surface area contributed by atoms with Gasteiger partial charge in [-0.2, -0.15) is 0 Å². The second kappa shape index (κ2) is 9.70. The van der Waals surface area contributed by atoms with Gasteiger partial charge in [0.25, 0.3) is 0 Å². The number of rotatable bonds is 10. The molecule has 0 saturated heterocycles. The molecule has 2 aromatic rings. The fraction of sp³-hybridized carbons (Fsp3) is 0.650. The number of nitrogens with zero attached hydrogens (tertiary/aromatic N) is 2. The predicted molar refractivity (Wildman–Crippen MR) is 102 cm³/mol. The third-order valence-corrected chi connectivity index (χ3v) is 7.02. The van der Waals surface area contributed by atoms with Crippen molar-refractivity contribution >= 4 is 30.4 Å². The van der Waals surface area contributed by atoms with E-state index in [1.54, 1.807) is 11.3 Å². The number of aromatic nitrogens is 2. The van der Waals surface area contributed by atoms with Gasteiger partial charge in [0, 0.05) is 0 Å². The van der Waals surface area contributed by atoms with Crippen LogP contribution < -0.4 is 3.71 Å². The van der Waals surface area contributed by atoms with Crippen LogP contribution in [0, 0.1) is 0 Å². The van der Waals surface area contributed by atoms with Crippen LogP contribution in [0.3, 0.4) is 0 Å². The van der Waals surface area contributed by atoms with Gasteiger partial charge in [0.1, 0.15) is 0 Å². The van der Waals surface area contributed by atoms with Crippen LogP contribution in [-0.2, 0) is 19.3 Å². The monoisotopic (exact) mass is 420 g/mol. The fourth-order valence-corrected chi connectivity index (χ4v) is 5.23. The number of unbranched alkanes of at least 4 members (excludes halogenated alkanes) is 3. The number of hydrogen-bond donors (Lipinski definition) is 0. The molecule has 0 aliphatic carbocycles. The van der Waals surface area contributed by atoms with Gasteiger partial charge in [-0.05, 0) is 0 Å². The van der Waals surface area contributed by atoms with E-state index in [1.807, 2.05) is 0 Å². The summed E-state index contributed by atoms with van der Waals surface area (Å²) in [7, 11) is 0. The summed E-state index contributed by atoms with van der Waals surface area (Å²) < 4.78 is 4.01. The summed E-state index contributed by atoms with van der Waals surface area (Å²) in [5, 5.41) is 0. The Labute approximate surface area is 152 Å². The number of aryl methyl sites for hydroxylation is 3. The maximum absolute atomic E-state index is 5.07. The summed E-state index contributed by atoms with van der Waals surface area (Å²) in [6.07, 6.45) is 11.2. The van der Waals surface area contributed by atoms with Crippen LogP contribution in [0.1, 0.15) is 76.4 Å². The third-order valence-electron chi connectivity index (χ3n) is 4.62. The predicted octanol–water partition coefficient (Wildman–Crippen LogP) is 4.74. The summed E-state index contributed by atoms with van der Waals surface area (Å²) in [5.74, 6) is 1.34. The second-order valence-corrected chi connectivity index (χ2v) is 9.24. The van der Waals surface area contributed by atoms with E-state index in [9.17, 15) is 0 Å². The number of hydrogen-bond acceptors (Lipinski definition) is 1. The Morgan fingerprint density at radius 2 is 1.57 bits per heavy atom. The number of imidazole rings is 1. The molecule has 2 aromatic heterocycles. The molecule has 0 amide bonds. The third kappa shape index (κ3) is 4.52. The molecule has 0 aliphatic heterocycles. The van der Waals surface area contributed by atoms with Crippen molar-refractivity contribution in [3.8, 4) is 0 Å². The Balaban J connectivity index is 2.54. The molecule has 0 spiro atoms. The molecule has 126 valence electrons. The zero-order chi connectivity index (χ0) is 16.7. The van der Waals surface area contributed by atoms with Crippen molar-refractivity contribution in [1.82, 2.24) is 9.38 Å². The Hall–Kier alpha value is -0.511. The first-order valence-corrected chi connectivity index (χ1v) is 13.7. The molecule has 0 unspecified atom stereocenters. The summed E-state index contributed by atoms with van der Waals surface area (Å²) >= 11 is -0.509. The number of pyridine rings is 1. The molecule has 2 heterocycles. The summed E-state index contributed by atoms with van der Waals surface area (Å²) in [4.78, 5) is 7.47. The first-order valence-electron chi connectivity index (χ1n) is 9.46. The normalized spacial score (nSPS) is 11.5. The first-order chi connectivity index (χ1) is 11.3. The molecule has 3 heteroatoms. The summed E-state index contributed by atoms with van der Waals surface area (Å²) in [6, 6.07) is 4.77. The Morgan fingerprint density at radius 3 is 2.22 bits per heavy atom. The van der Waals surface area contributed by atoms with Crippen molar-refractivity contribution in [2.45, 2.75) is 83.5 Å². The minimum atomic E-state index is -0.509. The Kier molecular flexibility index (Phi) is 7.94. The van der Waals surface area contributed by atoms with E-state index in [0.717, 1.165) is 6.42 Å². The van der Waals surface area contributed by atoms with E-state index in [1.165, 1.54) is 66.4 Å². The zero-order valence-electron chi connectivity index (χ0n) is 15.4. The van der Waals surface area contributed by atoms with Crippen LogP contribution in [0.5, 0.6) is 0 Å². The van der Waals surface area contributed by atoms with Crippen LogP contribution in [0.15, 0.2) is 12.1 Å². The van der Waals surface area contributed by atoms with Gasteiger partial charge in [0.2, 0.25) is 0 Å². The molecule has 0 fully saturated rings. The summed E-state index contributed by atoms with van der Waals surface area (Å²) in [6.45, 7) is 6.86. The SMILES string of the molecule is CCCCc1ccc2[c]([Sn][CH3])nc(CCCC)n2c1CCCC. The Morgan fingerprint density at radius 1 is 0.913 bits per heavy atom. The molecular formula is C20H32N2Sn. The average Bonchev–Trinajstić information content (AvgIpc) is 2.94. The molecular weight excluding hydrogens is 387 g/mol. The van der Waals surface area contributed by atoms with Crippen molar-refractivity contribution in [3.05, 3.63) is 29.2 Å². The zero-order valence-corrected chi connectivity index (χ0v) is 18.3. The van der Waals surface area contributed by atoms with Crippen molar-refractivity contribution in [2.24, 2.45) is 0 Å². The van der Waals surface area contributed by atoms with Gasteiger partial charge in [-0.1, -0.05) is 0 Å². The van der Waals surface area contributed by atoms with Gasteiger partial charge in [-0.15, -0.1) is 0 Å². The quantitative estimate of drug-likeness (QED) is 0.509. The van der Waals surface area contributed by atoms with Gasteiger partial charge < -0.3 is 0 Å². The molecule has 2 rings (SSSR count). The van der Waals surface area contributed by atoms with E-state index in [4.69, 9.17) is 4.98 Å². The van der Waals surface area contributed by atoms with E-state index >= 15 is 0 Å². The van der Waals surface area contributed by atoms with Crippen molar-refractivity contribution in [3.63, 3.8) is 0 Å². The van der Waals surface area contributed by atoms with Crippen LogP contribution in [-0.4, -0.2) is 30.5 Å². The first kappa shape index (κ1) is 18.8. The van der Waals surface area contributed by atoms with Gasteiger partial charge in [0.05, 0.1) is 0 Å². The maximum atomic E-state index is 5.07. The summed E-state index contributed by atoms with van der Waals surface area (Å²) in [5.41, 5.74) is 4.56. The van der Waals surface area contributed by atoms with Crippen LogP contribution >= 0.6 is 0 Å². The number of fused-ring (bicyclic) bond motifs is 1. The molecule has 0 atom stereocenters. The van der Waals surface area contributed by atoms with E-state index in [2.05, 4.69) is 42.2 Å². The topological polar surface area (TPSA) is 17.3 Å². The standard InChI is InChI=1S/C19H29N2.CH3.Sn/c1-4-7-10-16-13-14-17-15-20-19(12-9-6-3)21(17)18(16)11-8-5-2;;/h13-14H,4-12H2,1-3H3;1H3;. The average molecular weight is 419 g/mol. The van der Waals surface area contributed by atoms with Crippen molar-refractivity contribution < 1.29 is 0 Å². The molecule has 2 radical (unpaired) electrons. The van der Waals surface area contributed by atoms with Gasteiger partial charge in [-0.25, -0.2) is 0 Å². The van der Waals surface area contributed by atoms with Crippen molar-refractivity contribution in [2.75, 3.05) is 0 Å². The Bertz CT molecular complexity index is 616. The fourth-order valence-electron chi connectivity index (χ4n) is 3.25. The van der Waals surface area contributed by atoms with E-state index < -0.39 is 21.1 Å². The van der Waals surface area contributed by atoms with Gasteiger partial charge in [-0.3, -0.25) is 0 Å². The van der Waals surface area contributed by atoms with E-state index in [0.29, 0.717) is 0 Å². The second-order valence-electron chi connectivity index (χ2n) is 6.46. The molecule has 0 aliphatic rings. The van der Waals surface area contributed by atoms with Crippen LogP contribution in [0.25, 0.3) is 5.52 Å². The minimum absolute atomic E-state index is 0.509. The molecule has 2 nitrogen and oxygen atoms in total. The molecule has 23 heavy (non-hydrogen) atoms. The van der Waals surface area contributed by atoms with Gasteiger partial charge >= 0.3 is 152 Å². The molecule has 0 saturated carbocycles. The van der Waals surface area contributed by atoms with Crippen LogP contribution in [0.2, 0.25) is 4.94 Å². The van der Waals surface area contributed by atoms with E-state index in [-0.39, 0.29) is 0 Å². The van der Waals surface area contributed by atoms with Gasteiger partial charge in [0.15, 0.2) is 0 Å². The van der Waals surface area contributed by atoms with Crippen LogP contribution in [0.4, 0.5) is 0 Å². The molecule has 0 aromatic carbocycles. The van der Waals surface area contributed by atoms with Crippen molar-refractivity contribution in [1.29, 1.82) is 0 Å². The molecule has 0 bridgehead atoms.